The molecule has 0 aliphatic carbocycles. The molecule has 182 valence electrons. The summed E-state index contributed by atoms with van der Waals surface area (Å²) in [6.45, 7) is 0.323. The molecule has 0 aromatic heterocycles. The molecule has 2 amide bonds. The van der Waals surface area contributed by atoms with Gasteiger partial charge in [0.25, 0.3) is 5.91 Å². The number of amides is 2. The molecule has 3 aromatic rings. The number of carbonyl (C=O) groups is 2. The van der Waals surface area contributed by atoms with Crippen molar-refractivity contribution in [2.75, 3.05) is 11.4 Å². The van der Waals surface area contributed by atoms with Crippen molar-refractivity contribution in [3.63, 3.8) is 0 Å². The van der Waals surface area contributed by atoms with E-state index >= 15 is 0 Å². The normalized spacial score (nSPS) is 16.6. The van der Waals surface area contributed by atoms with Crippen molar-refractivity contribution in [1.82, 2.24) is 5.32 Å². The van der Waals surface area contributed by atoms with Crippen LogP contribution in [0.1, 0.15) is 11.1 Å². The fraction of sp³-hybridized carbons (Fsp3) is 0.148. The minimum Gasteiger partial charge on any atom is -0.351 e. The number of hydrogen-bond acceptors (Lipinski definition) is 4. The first-order chi connectivity index (χ1) is 17.4. The first-order valence-electron chi connectivity index (χ1n) is 11.0. The molecule has 9 heteroatoms. The second-order valence-electron chi connectivity index (χ2n) is 7.99. The Bertz CT molecular complexity index is 1360. The van der Waals surface area contributed by atoms with Gasteiger partial charge in [-0.05, 0) is 60.4 Å². The first kappa shape index (κ1) is 25.8. The molecule has 1 heterocycles. The lowest BCUT2D eigenvalue weighted by Gasteiger charge is -2.18. The molecule has 0 radical (unpaired) electrons. The predicted molar refractivity (Wildman–Crippen MR) is 141 cm³/mol. The standard InChI is InChI=1S/C27H20Cl2FN3O2S/c28-22-11-6-18(14-23(22)29)15-24-26(35)33(20-9-7-19(30)8-10-20)27(36-24)21(16-31)25(34)32-13-12-17-4-2-1-3-5-17/h1-11,14,24H,12-13,15H2,(H,32,34). The topological polar surface area (TPSA) is 73.2 Å². The van der Waals surface area contributed by atoms with Crippen LogP contribution in [0.5, 0.6) is 0 Å². The monoisotopic (exact) mass is 539 g/mol. The first-order valence-corrected chi connectivity index (χ1v) is 12.7. The summed E-state index contributed by atoms with van der Waals surface area (Å²) in [6.07, 6.45) is 0.893. The van der Waals surface area contributed by atoms with Crippen molar-refractivity contribution in [1.29, 1.82) is 5.26 Å². The summed E-state index contributed by atoms with van der Waals surface area (Å²) in [5.74, 6) is -1.36. The third kappa shape index (κ3) is 5.90. The van der Waals surface area contributed by atoms with E-state index in [4.69, 9.17) is 23.2 Å². The number of nitrogens with one attached hydrogen (secondary N) is 1. The van der Waals surface area contributed by atoms with Gasteiger partial charge in [-0.15, -0.1) is 0 Å². The maximum absolute atomic E-state index is 13.6. The minimum atomic E-state index is -0.622. The molecule has 36 heavy (non-hydrogen) atoms. The Morgan fingerprint density at radius 2 is 1.75 bits per heavy atom. The maximum atomic E-state index is 13.6. The molecule has 0 saturated carbocycles. The lowest BCUT2D eigenvalue weighted by Crippen LogP contribution is -2.32. The lowest BCUT2D eigenvalue weighted by molar-refractivity contribution is -0.117. The quantitative estimate of drug-likeness (QED) is 0.299. The predicted octanol–water partition coefficient (Wildman–Crippen LogP) is 5.92. The number of carbonyl (C=O) groups excluding carboxylic acids is 2. The van der Waals surface area contributed by atoms with Crippen LogP contribution in [-0.4, -0.2) is 23.6 Å². The van der Waals surface area contributed by atoms with Crippen LogP contribution in [0.3, 0.4) is 0 Å². The van der Waals surface area contributed by atoms with E-state index in [2.05, 4.69) is 5.32 Å². The number of nitrogens with zero attached hydrogens (tertiary/aromatic N) is 2. The molecular formula is C27H20Cl2FN3O2S. The average molecular weight is 540 g/mol. The molecule has 5 nitrogen and oxygen atoms in total. The number of rotatable bonds is 7. The van der Waals surface area contributed by atoms with E-state index in [0.717, 1.165) is 22.9 Å². The zero-order valence-electron chi connectivity index (χ0n) is 18.9. The van der Waals surface area contributed by atoms with Gasteiger partial charge in [0.2, 0.25) is 5.91 Å². The van der Waals surface area contributed by atoms with Crippen LogP contribution in [0.2, 0.25) is 10.0 Å². The molecule has 1 aliphatic rings. The Labute approximate surface area is 222 Å². The summed E-state index contributed by atoms with van der Waals surface area (Å²) >= 11 is 13.3. The summed E-state index contributed by atoms with van der Waals surface area (Å²) in [7, 11) is 0. The molecule has 1 atom stereocenters. The highest BCUT2D eigenvalue weighted by atomic mass is 35.5. The van der Waals surface area contributed by atoms with E-state index in [1.807, 2.05) is 36.4 Å². The SMILES string of the molecule is N#CC(C(=O)NCCc1ccccc1)=C1SC(Cc2ccc(Cl)c(Cl)c2)C(=O)N1c1ccc(F)cc1. The van der Waals surface area contributed by atoms with Gasteiger partial charge in [0.1, 0.15) is 22.5 Å². The van der Waals surface area contributed by atoms with Crippen LogP contribution in [0.15, 0.2) is 83.4 Å². The molecule has 3 aromatic carbocycles. The third-order valence-corrected chi connectivity index (χ3v) is 7.54. The van der Waals surface area contributed by atoms with E-state index in [9.17, 15) is 19.2 Å². The summed E-state index contributed by atoms with van der Waals surface area (Å²) < 4.78 is 13.6. The smallest absolute Gasteiger partial charge is 0.264 e. The fourth-order valence-corrected chi connectivity index (χ4v) is 5.38. The van der Waals surface area contributed by atoms with Gasteiger partial charge >= 0.3 is 0 Å². The Morgan fingerprint density at radius 3 is 2.42 bits per heavy atom. The largest absolute Gasteiger partial charge is 0.351 e. The third-order valence-electron chi connectivity index (χ3n) is 5.54. The number of thioether (sulfide) groups is 1. The van der Waals surface area contributed by atoms with Crippen LogP contribution in [0.4, 0.5) is 10.1 Å². The Kier molecular flexibility index (Phi) is 8.32. The van der Waals surface area contributed by atoms with Crippen molar-refractivity contribution >= 4 is 52.5 Å². The summed E-state index contributed by atoms with van der Waals surface area (Å²) in [6, 6.07) is 22.0. The van der Waals surface area contributed by atoms with Gasteiger partial charge in [0.05, 0.1) is 15.3 Å². The zero-order valence-corrected chi connectivity index (χ0v) is 21.2. The van der Waals surface area contributed by atoms with E-state index in [-0.39, 0.29) is 16.5 Å². The molecule has 1 fully saturated rings. The van der Waals surface area contributed by atoms with Crippen molar-refractivity contribution in [3.05, 3.63) is 110 Å². The minimum absolute atomic E-state index is 0.178. The number of halogens is 3. The fourth-order valence-electron chi connectivity index (χ4n) is 3.75. The van der Waals surface area contributed by atoms with Crippen molar-refractivity contribution < 1.29 is 14.0 Å². The van der Waals surface area contributed by atoms with Gasteiger partial charge in [-0.3, -0.25) is 14.5 Å². The molecule has 1 aliphatic heterocycles. The number of hydrogen-bond donors (Lipinski definition) is 1. The summed E-state index contributed by atoms with van der Waals surface area (Å²) in [5.41, 5.74) is 2.01. The molecule has 1 unspecified atom stereocenters. The highest BCUT2D eigenvalue weighted by molar-refractivity contribution is 8.05. The van der Waals surface area contributed by atoms with Gasteiger partial charge in [-0.25, -0.2) is 4.39 Å². The van der Waals surface area contributed by atoms with Gasteiger partial charge in [-0.1, -0.05) is 71.4 Å². The van der Waals surface area contributed by atoms with Crippen LogP contribution in [-0.2, 0) is 22.4 Å². The second kappa shape index (κ2) is 11.6. The number of anilines is 1. The Hall–Kier alpha value is -3.31. The van der Waals surface area contributed by atoms with E-state index in [1.54, 1.807) is 18.2 Å². The van der Waals surface area contributed by atoms with Crippen LogP contribution < -0.4 is 10.2 Å². The molecule has 0 spiro atoms. The number of nitriles is 1. The number of benzene rings is 3. The molecule has 1 N–H and O–H groups in total. The van der Waals surface area contributed by atoms with Crippen LogP contribution in [0.25, 0.3) is 0 Å². The Morgan fingerprint density at radius 1 is 1.03 bits per heavy atom. The molecule has 1 saturated heterocycles. The van der Waals surface area contributed by atoms with E-state index < -0.39 is 17.0 Å². The van der Waals surface area contributed by atoms with Crippen molar-refractivity contribution in [3.8, 4) is 6.07 Å². The van der Waals surface area contributed by atoms with Crippen molar-refractivity contribution in [2.45, 2.75) is 18.1 Å². The molecule has 4 rings (SSSR count). The summed E-state index contributed by atoms with van der Waals surface area (Å²) in [4.78, 5) is 27.8. The van der Waals surface area contributed by atoms with Gasteiger partial charge < -0.3 is 5.32 Å². The maximum Gasteiger partial charge on any atom is 0.264 e. The Balaban J connectivity index is 1.62. The van der Waals surface area contributed by atoms with Crippen LogP contribution in [0, 0.1) is 17.1 Å². The van der Waals surface area contributed by atoms with E-state index in [1.165, 1.54) is 29.2 Å². The van der Waals surface area contributed by atoms with Gasteiger partial charge in [-0.2, -0.15) is 5.26 Å². The van der Waals surface area contributed by atoms with Gasteiger partial charge in [0, 0.05) is 12.2 Å². The molecular weight excluding hydrogens is 520 g/mol. The van der Waals surface area contributed by atoms with E-state index in [0.29, 0.717) is 35.1 Å². The molecule has 0 bridgehead atoms. The van der Waals surface area contributed by atoms with Crippen LogP contribution >= 0.6 is 35.0 Å². The van der Waals surface area contributed by atoms with Gasteiger partial charge in [0.15, 0.2) is 0 Å². The second-order valence-corrected chi connectivity index (χ2v) is 10.00. The highest BCUT2D eigenvalue weighted by Gasteiger charge is 2.40. The summed E-state index contributed by atoms with van der Waals surface area (Å²) in [5, 5.41) is 13.0. The highest BCUT2D eigenvalue weighted by Crippen LogP contribution is 2.42. The zero-order chi connectivity index (χ0) is 25.7. The lowest BCUT2D eigenvalue weighted by atomic mass is 10.1. The average Bonchev–Trinajstić information content (AvgIpc) is 3.18. The van der Waals surface area contributed by atoms with Crippen molar-refractivity contribution in [2.24, 2.45) is 0 Å².